The van der Waals surface area contributed by atoms with Gasteiger partial charge >= 0.3 is 0 Å². The Kier molecular flexibility index (Phi) is 35.8. The monoisotopic (exact) mass is 1180 g/mol. The number of hydrogen-bond acceptors (Lipinski definition) is 12. The van der Waals surface area contributed by atoms with Gasteiger partial charge in [-0.15, -0.1) is 0 Å². The Labute approximate surface area is 497 Å². The number of rotatable bonds is 42. The van der Waals surface area contributed by atoms with E-state index in [4.69, 9.17) is 0 Å². The number of carbonyl (C=O) groups excluding carboxylic acids is 6. The quantitative estimate of drug-likeness (QED) is 0.0240. The number of carbonyl (C=O) groups is 6. The predicted molar refractivity (Wildman–Crippen MR) is 344 cm³/mol. The average Bonchev–Trinajstić information content (AvgIpc) is 3.58. The lowest BCUT2D eigenvalue weighted by molar-refractivity contribution is -0.111. The molecule has 0 saturated carbocycles. The average molecular weight is 1180 g/mol. The van der Waals surface area contributed by atoms with Gasteiger partial charge in [0.25, 0.3) is 0 Å². The second-order valence-electron chi connectivity index (χ2n) is 21.4. The first-order chi connectivity index (χ1) is 38.0. The van der Waals surface area contributed by atoms with E-state index in [1.54, 1.807) is 0 Å². The highest BCUT2D eigenvalue weighted by atomic mass is 32.2. The molecule has 0 fully saturated rings. The van der Waals surface area contributed by atoms with Gasteiger partial charge in [0.15, 0.2) is 30.7 Å². The van der Waals surface area contributed by atoms with E-state index in [0.29, 0.717) is 38.5 Å². The minimum atomic E-state index is 0.0704. The summed E-state index contributed by atoms with van der Waals surface area (Å²) in [6.45, 7) is 13.1. The van der Waals surface area contributed by atoms with E-state index in [-0.39, 0.29) is 30.7 Å². The van der Waals surface area contributed by atoms with E-state index in [1.807, 2.05) is 0 Å². The summed E-state index contributed by atoms with van der Waals surface area (Å²) in [6, 6.07) is 12.5. The second-order valence-corrected chi connectivity index (χ2v) is 28.0. The number of fused-ring (bicyclic) bond motifs is 6. The maximum Gasteiger partial charge on any atom is 0.193 e. The van der Waals surface area contributed by atoms with E-state index >= 15 is 0 Å². The van der Waals surface area contributed by atoms with Crippen LogP contribution in [0, 0.1) is 0 Å². The molecule has 4 aromatic carbocycles. The van der Waals surface area contributed by atoms with Crippen LogP contribution >= 0.6 is 70.6 Å². The minimum Gasteiger partial charge on any atom is -0.287 e. The zero-order valence-corrected chi connectivity index (χ0v) is 53.7. The maximum absolute atomic E-state index is 14.0. The van der Waals surface area contributed by atoms with Crippen molar-refractivity contribution >= 4 is 134 Å². The summed E-state index contributed by atoms with van der Waals surface area (Å²) in [5, 5.41) is 5.68. The molecule has 0 N–H and O–H groups in total. The van der Waals surface area contributed by atoms with Gasteiger partial charge in [0.05, 0.1) is 0 Å². The standard InChI is InChI=1S/C66H96O6S6/c1-7-13-19-25-31-37-61(67)73-55-43-49-50(44-56(55)74-62(68)38-32-26-20-14-8-2)52-46-58(76-64(70)40-34-28-22-16-10-4)60(78-66(72)42-36-30-24-18-12-6)48-54(52)53-47-59(77-65(71)41-35-29-23-17-11-5)57(45-51(49)53)75-63(69)39-33-27-21-15-9-3/h43-48H,7-42H2,1-6H3. The third kappa shape index (κ3) is 25.5. The first kappa shape index (κ1) is 68.3. The van der Waals surface area contributed by atoms with Gasteiger partial charge in [0.2, 0.25) is 0 Å². The highest BCUT2D eigenvalue weighted by Gasteiger charge is 2.24. The molecule has 0 aliphatic heterocycles. The van der Waals surface area contributed by atoms with Gasteiger partial charge in [0, 0.05) is 67.9 Å². The maximum atomic E-state index is 14.0. The summed E-state index contributed by atoms with van der Waals surface area (Å²) >= 11 is 7.36. The normalized spacial score (nSPS) is 11.6. The molecule has 0 heterocycles. The van der Waals surface area contributed by atoms with Crippen LogP contribution in [0.1, 0.15) is 273 Å². The van der Waals surface area contributed by atoms with Crippen molar-refractivity contribution in [2.24, 2.45) is 0 Å². The van der Waals surface area contributed by atoms with Gasteiger partial charge in [-0.2, -0.15) is 0 Å². The molecule has 78 heavy (non-hydrogen) atoms. The van der Waals surface area contributed by atoms with Crippen molar-refractivity contribution in [2.75, 3.05) is 0 Å². The fourth-order valence-electron chi connectivity index (χ4n) is 9.77. The molecule has 12 heteroatoms. The van der Waals surface area contributed by atoms with Crippen LogP contribution in [-0.4, -0.2) is 30.7 Å². The molecule has 0 spiro atoms. The second kappa shape index (κ2) is 40.9. The Hall–Kier alpha value is -2.22. The number of benzene rings is 4. The molecule has 0 atom stereocenters. The van der Waals surface area contributed by atoms with Crippen molar-refractivity contribution in [3.05, 3.63) is 36.4 Å². The summed E-state index contributed by atoms with van der Waals surface area (Å²) in [5.74, 6) is 0. The largest absolute Gasteiger partial charge is 0.287 e. The van der Waals surface area contributed by atoms with Gasteiger partial charge in [-0.1, -0.05) is 266 Å². The molecule has 4 aromatic rings. The topological polar surface area (TPSA) is 102 Å². The van der Waals surface area contributed by atoms with E-state index in [2.05, 4.69) is 77.9 Å². The summed E-state index contributed by atoms with van der Waals surface area (Å²) in [6.07, 6.45) is 33.8. The van der Waals surface area contributed by atoms with Gasteiger partial charge in [-0.25, -0.2) is 0 Å². The zero-order valence-electron chi connectivity index (χ0n) is 48.8. The molecule has 0 bridgehead atoms. The van der Waals surface area contributed by atoms with Crippen LogP contribution in [0.5, 0.6) is 0 Å². The fourth-order valence-corrected chi connectivity index (χ4v) is 15.5. The first-order valence-electron chi connectivity index (χ1n) is 30.8. The van der Waals surface area contributed by atoms with Crippen molar-refractivity contribution in [3.63, 3.8) is 0 Å². The van der Waals surface area contributed by atoms with Crippen LogP contribution in [0.4, 0.5) is 0 Å². The Morgan fingerprint density at radius 1 is 0.218 bits per heavy atom. The molecule has 0 aliphatic rings. The molecule has 432 valence electrons. The first-order valence-corrected chi connectivity index (χ1v) is 35.7. The van der Waals surface area contributed by atoms with E-state index < -0.39 is 0 Å². The molecular weight excluding hydrogens is 1080 g/mol. The summed E-state index contributed by atoms with van der Waals surface area (Å²) in [5.41, 5.74) is 0. The molecule has 0 aliphatic carbocycles. The molecular formula is C66H96O6S6. The van der Waals surface area contributed by atoms with Crippen LogP contribution in [0.25, 0.3) is 32.3 Å². The summed E-state index contributed by atoms with van der Waals surface area (Å²) < 4.78 is 0. The molecule has 4 rings (SSSR count). The van der Waals surface area contributed by atoms with Crippen LogP contribution in [-0.2, 0) is 28.8 Å². The summed E-state index contributed by atoms with van der Waals surface area (Å²) in [4.78, 5) is 88.5. The third-order valence-electron chi connectivity index (χ3n) is 14.4. The van der Waals surface area contributed by atoms with Crippen LogP contribution in [0.2, 0.25) is 0 Å². The van der Waals surface area contributed by atoms with Crippen LogP contribution < -0.4 is 0 Å². The molecule has 0 radical (unpaired) electrons. The SMILES string of the molecule is CCCCCCCC(=O)Sc1cc2c3cc(SC(=O)CCCCCCC)c(SC(=O)CCCCCCC)cc3c3cc(SC(=O)CCCCCCC)c(SC(=O)CCCCCCC)cc3c2cc1SC(=O)CCCCCCC. The van der Waals surface area contributed by atoms with E-state index in [1.165, 1.54) is 70.6 Å². The Morgan fingerprint density at radius 3 is 0.474 bits per heavy atom. The Bertz CT molecular complexity index is 2030. The van der Waals surface area contributed by atoms with Crippen molar-refractivity contribution in [1.82, 2.24) is 0 Å². The van der Waals surface area contributed by atoms with Crippen LogP contribution in [0.3, 0.4) is 0 Å². The molecule has 6 nitrogen and oxygen atoms in total. The predicted octanol–water partition coefficient (Wildman–Crippen LogP) is 23.0. The Balaban J connectivity index is 2.05. The molecule has 0 unspecified atom stereocenters. The van der Waals surface area contributed by atoms with Gasteiger partial charge < -0.3 is 0 Å². The fraction of sp³-hybridized carbons (Fsp3) is 0.636. The Morgan fingerprint density at radius 2 is 0.346 bits per heavy atom. The lowest BCUT2D eigenvalue weighted by Gasteiger charge is -2.19. The lowest BCUT2D eigenvalue weighted by atomic mass is 9.94. The zero-order chi connectivity index (χ0) is 56.3. The van der Waals surface area contributed by atoms with Gasteiger partial charge in [-0.3, -0.25) is 28.8 Å². The number of unbranched alkanes of at least 4 members (excludes halogenated alkanes) is 24. The smallest absolute Gasteiger partial charge is 0.193 e. The summed E-state index contributed by atoms with van der Waals surface area (Å²) in [7, 11) is 0. The molecule has 0 amide bonds. The third-order valence-corrected chi connectivity index (χ3v) is 20.7. The minimum absolute atomic E-state index is 0.0704. The van der Waals surface area contributed by atoms with E-state index in [0.717, 1.165) is 254 Å². The van der Waals surface area contributed by atoms with Gasteiger partial charge in [0.1, 0.15) is 0 Å². The van der Waals surface area contributed by atoms with Crippen molar-refractivity contribution in [2.45, 2.75) is 302 Å². The van der Waals surface area contributed by atoms with Crippen molar-refractivity contribution in [3.8, 4) is 0 Å². The molecule has 0 saturated heterocycles. The van der Waals surface area contributed by atoms with Crippen molar-refractivity contribution in [1.29, 1.82) is 0 Å². The highest BCUT2D eigenvalue weighted by molar-refractivity contribution is 8.17. The highest BCUT2D eigenvalue weighted by Crippen LogP contribution is 2.48. The number of hydrogen-bond donors (Lipinski definition) is 0. The molecule has 0 aromatic heterocycles. The lowest BCUT2D eigenvalue weighted by Crippen LogP contribution is -1.99. The van der Waals surface area contributed by atoms with Crippen LogP contribution in [0.15, 0.2) is 65.8 Å². The van der Waals surface area contributed by atoms with Crippen molar-refractivity contribution < 1.29 is 28.8 Å². The van der Waals surface area contributed by atoms with E-state index in [9.17, 15) is 28.8 Å². The number of thioether (sulfide) groups is 6. The van der Waals surface area contributed by atoms with Gasteiger partial charge in [-0.05, 0) is 107 Å².